The highest BCUT2D eigenvalue weighted by Gasteiger charge is 2.12. The van der Waals surface area contributed by atoms with Gasteiger partial charge in [-0.25, -0.2) is 4.39 Å². The van der Waals surface area contributed by atoms with Gasteiger partial charge in [0.2, 0.25) is 0 Å². The lowest BCUT2D eigenvalue weighted by molar-refractivity contribution is 0.531. The fraction of sp³-hybridized carbons (Fsp3) is 0.353. The molecule has 0 fully saturated rings. The minimum atomic E-state index is -0.295. The molecule has 0 saturated carbocycles. The van der Waals surface area contributed by atoms with E-state index in [9.17, 15) is 4.39 Å². The lowest BCUT2D eigenvalue weighted by atomic mass is 10.0. The maximum absolute atomic E-state index is 13.0. The minimum Gasteiger partial charge on any atom is -0.309 e. The van der Waals surface area contributed by atoms with Gasteiger partial charge in [0.15, 0.2) is 0 Å². The van der Waals surface area contributed by atoms with Crippen LogP contribution in [0.5, 0.6) is 0 Å². The molecule has 0 spiro atoms. The van der Waals surface area contributed by atoms with E-state index in [4.69, 9.17) is 0 Å². The van der Waals surface area contributed by atoms with E-state index in [0.29, 0.717) is 0 Å². The van der Waals surface area contributed by atoms with Crippen LogP contribution in [0.1, 0.15) is 36.7 Å². The number of pyridine rings is 1. The molecule has 3 heteroatoms. The summed E-state index contributed by atoms with van der Waals surface area (Å²) in [6.07, 6.45) is 3.19. The number of hydrogen-bond donors (Lipinski definition) is 1. The van der Waals surface area contributed by atoms with Crippen molar-refractivity contribution >= 4 is 0 Å². The largest absolute Gasteiger partial charge is 0.309 e. The van der Waals surface area contributed by atoms with Crippen molar-refractivity contribution in [3.05, 3.63) is 65.2 Å². The fourth-order valence-corrected chi connectivity index (χ4v) is 2.27. The summed E-state index contributed by atoms with van der Waals surface area (Å²) in [6.45, 7) is 5.08. The standard InChI is InChI=1S/C17H21FN2/c1-3-13-5-7-14(8-6-13)11-17(19-4-2)16-10-9-15(18)12-20-16/h5-10,12,17,19H,3-4,11H2,1-2H3. The third kappa shape index (κ3) is 3.87. The summed E-state index contributed by atoms with van der Waals surface area (Å²) >= 11 is 0. The molecule has 0 radical (unpaired) electrons. The first-order valence-corrected chi connectivity index (χ1v) is 7.15. The maximum atomic E-state index is 13.0. The second-order valence-corrected chi connectivity index (χ2v) is 4.89. The van der Waals surface area contributed by atoms with Crippen molar-refractivity contribution in [2.75, 3.05) is 6.54 Å². The summed E-state index contributed by atoms with van der Waals surface area (Å²) in [7, 11) is 0. The molecule has 1 unspecified atom stereocenters. The molecule has 0 aliphatic rings. The van der Waals surface area contributed by atoms with E-state index < -0.39 is 0 Å². The number of nitrogens with one attached hydrogen (secondary N) is 1. The van der Waals surface area contributed by atoms with Gasteiger partial charge < -0.3 is 5.32 Å². The average Bonchev–Trinajstić information content (AvgIpc) is 2.48. The predicted octanol–water partition coefficient (Wildman–Crippen LogP) is 3.68. The number of halogens is 1. The molecule has 2 aromatic rings. The maximum Gasteiger partial charge on any atom is 0.141 e. The molecule has 0 aliphatic heterocycles. The Morgan fingerprint density at radius 2 is 1.75 bits per heavy atom. The number of aryl methyl sites for hydroxylation is 1. The summed E-state index contributed by atoms with van der Waals surface area (Å²) < 4.78 is 13.0. The zero-order chi connectivity index (χ0) is 14.4. The topological polar surface area (TPSA) is 24.9 Å². The molecule has 0 bridgehead atoms. The Bertz CT molecular complexity index is 520. The number of likely N-dealkylation sites (N-methyl/N-ethyl adjacent to an activating group) is 1. The summed E-state index contributed by atoms with van der Waals surface area (Å²) in [4.78, 5) is 4.19. The number of nitrogens with zero attached hydrogens (tertiary/aromatic N) is 1. The highest BCUT2D eigenvalue weighted by molar-refractivity contribution is 5.24. The van der Waals surface area contributed by atoms with E-state index >= 15 is 0 Å². The second-order valence-electron chi connectivity index (χ2n) is 4.89. The molecule has 2 nitrogen and oxygen atoms in total. The monoisotopic (exact) mass is 272 g/mol. The number of benzene rings is 1. The molecule has 1 N–H and O–H groups in total. The normalized spacial score (nSPS) is 12.3. The van der Waals surface area contributed by atoms with Crippen LogP contribution in [0.3, 0.4) is 0 Å². The lowest BCUT2D eigenvalue weighted by Gasteiger charge is -2.17. The quantitative estimate of drug-likeness (QED) is 0.867. The number of hydrogen-bond acceptors (Lipinski definition) is 2. The van der Waals surface area contributed by atoms with Crippen LogP contribution in [-0.2, 0) is 12.8 Å². The molecule has 20 heavy (non-hydrogen) atoms. The lowest BCUT2D eigenvalue weighted by Crippen LogP contribution is -2.23. The van der Waals surface area contributed by atoms with Crippen LogP contribution in [0.4, 0.5) is 4.39 Å². The molecule has 1 heterocycles. The molecule has 1 aromatic carbocycles. The Morgan fingerprint density at radius 3 is 2.30 bits per heavy atom. The van der Waals surface area contributed by atoms with Gasteiger partial charge in [-0.05, 0) is 42.6 Å². The van der Waals surface area contributed by atoms with Crippen LogP contribution in [0.15, 0.2) is 42.6 Å². The van der Waals surface area contributed by atoms with Gasteiger partial charge in [-0.2, -0.15) is 0 Å². The van der Waals surface area contributed by atoms with Crippen molar-refractivity contribution in [1.29, 1.82) is 0 Å². The van der Waals surface area contributed by atoms with Crippen molar-refractivity contribution in [3.63, 3.8) is 0 Å². The SMILES string of the molecule is CCNC(Cc1ccc(CC)cc1)c1ccc(F)cn1. The molecule has 0 aliphatic carbocycles. The van der Waals surface area contributed by atoms with Gasteiger partial charge in [0, 0.05) is 0 Å². The van der Waals surface area contributed by atoms with Crippen LogP contribution in [0.25, 0.3) is 0 Å². The van der Waals surface area contributed by atoms with Crippen LogP contribution in [0.2, 0.25) is 0 Å². The van der Waals surface area contributed by atoms with Crippen molar-refractivity contribution in [1.82, 2.24) is 10.3 Å². The molecule has 2 rings (SSSR count). The Balaban J connectivity index is 2.13. The van der Waals surface area contributed by atoms with Crippen molar-refractivity contribution < 1.29 is 4.39 Å². The first kappa shape index (κ1) is 14.7. The Hall–Kier alpha value is -1.74. The van der Waals surface area contributed by atoms with E-state index in [1.807, 2.05) is 0 Å². The van der Waals surface area contributed by atoms with Crippen molar-refractivity contribution in [2.24, 2.45) is 0 Å². The third-order valence-electron chi connectivity index (χ3n) is 3.43. The Morgan fingerprint density at radius 1 is 1.05 bits per heavy atom. The molecule has 1 atom stereocenters. The van der Waals surface area contributed by atoms with Gasteiger partial charge in [0.1, 0.15) is 5.82 Å². The summed E-state index contributed by atoms with van der Waals surface area (Å²) in [6, 6.07) is 12.0. The summed E-state index contributed by atoms with van der Waals surface area (Å²) in [5.74, 6) is -0.295. The zero-order valence-electron chi connectivity index (χ0n) is 12.1. The number of aromatic nitrogens is 1. The molecular formula is C17H21FN2. The van der Waals surface area contributed by atoms with E-state index in [1.165, 1.54) is 23.4 Å². The Kier molecular flexibility index (Phi) is 5.24. The van der Waals surface area contributed by atoms with E-state index in [1.54, 1.807) is 6.07 Å². The van der Waals surface area contributed by atoms with Crippen molar-refractivity contribution in [2.45, 2.75) is 32.7 Å². The molecule has 0 saturated heterocycles. The fourth-order valence-electron chi connectivity index (χ4n) is 2.27. The zero-order valence-corrected chi connectivity index (χ0v) is 12.1. The summed E-state index contributed by atoms with van der Waals surface area (Å²) in [5.41, 5.74) is 3.49. The highest BCUT2D eigenvalue weighted by atomic mass is 19.1. The van der Waals surface area contributed by atoms with E-state index in [-0.39, 0.29) is 11.9 Å². The number of rotatable bonds is 6. The van der Waals surface area contributed by atoms with Crippen LogP contribution in [-0.4, -0.2) is 11.5 Å². The smallest absolute Gasteiger partial charge is 0.141 e. The minimum absolute atomic E-state index is 0.119. The second kappa shape index (κ2) is 7.15. The molecule has 106 valence electrons. The van der Waals surface area contributed by atoms with Gasteiger partial charge in [-0.15, -0.1) is 0 Å². The first-order chi connectivity index (χ1) is 9.72. The van der Waals surface area contributed by atoms with E-state index in [2.05, 4.69) is 48.4 Å². The Labute approximate surface area is 120 Å². The molecular weight excluding hydrogens is 251 g/mol. The van der Waals surface area contributed by atoms with Crippen LogP contribution < -0.4 is 5.32 Å². The van der Waals surface area contributed by atoms with Crippen LogP contribution in [0, 0.1) is 5.82 Å². The van der Waals surface area contributed by atoms with Crippen LogP contribution >= 0.6 is 0 Å². The van der Waals surface area contributed by atoms with E-state index in [0.717, 1.165) is 25.1 Å². The first-order valence-electron chi connectivity index (χ1n) is 7.15. The van der Waals surface area contributed by atoms with Crippen molar-refractivity contribution in [3.8, 4) is 0 Å². The third-order valence-corrected chi connectivity index (χ3v) is 3.43. The highest BCUT2D eigenvalue weighted by Crippen LogP contribution is 2.17. The predicted molar refractivity (Wildman–Crippen MR) is 80.1 cm³/mol. The molecule has 0 amide bonds. The summed E-state index contributed by atoms with van der Waals surface area (Å²) in [5, 5.41) is 3.41. The van der Waals surface area contributed by atoms with Gasteiger partial charge in [0.25, 0.3) is 0 Å². The van der Waals surface area contributed by atoms with Gasteiger partial charge in [-0.3, -0.25) is 4.98 Å². The van der Waals surface area contributed by atoms with Gasteiger partial charge in [0.05, 0.1) is 17.9 Å². The average molecular weight is 272 g/mol. The van der Waals surface area contributed by atoms with Gasteiger partial charge >= 0.3 is 0 Å². The molecule has 1 aromatic heterocycles. The van der Waals surface area contributed by atoms with Gasteiger partial charge in [-0.1, -0.05) is 38.1 Å².